The van der Waals surface area contributed by atoms with Crippen molar-refractivity contribution in [3.8, 4) is 9.88 Å². The molecule has 0 bridgehead atoms. The molecule has 0 amide bonds. The van der Waals surface area contributed by atoms with Crippen LogP contribution < -0.4 is 0 Å². The third kappa shape index (κ3) is 4.39. The van der Waals surface area contributed by atoms with Gasteiger partial charge in [-0.3, -0.25) is 0 Å². The number of hydrogen-bond acceptors (Lipinski definition) is 7. The smallest absolute Gasteiger partial charge is 0.157 e. The summed E-state index contributed by atoms with van der Waals surface area (Å²) >= 11 is 9.61. The van der Waals surface area contributed by atoms with Crippen LogP contribution in [0.4, 0.5) is 0 Å². The highest BCUT2D eigenvalue weighted by atomic mass is 35.5. The molecule has 3 atom stereocenters. The summed E-state index contributed by atoms with van der Waals surface area (Å²) < 4.78 is 5.91. The number of ether oxygens (including phenoxy) is 1. The molecule has 1 aromatic carbocycles. The summed E-state index contributed by atoms with van der Waals surface area (Å²) in [6, 6.07) is 9.81. The Morgan fingerprint density at radius 1 is 1.22 bits per heavy atom. The Balaban J connectivity index is 1.54. The molecule has 0 spiro atoms. The first-order valence-corrected chi connectivity index (χ1v) is 10.8. The quantitative estimate of drug-likeness (QED) is 0.647. The predicted octanol–water partition coefficient (Wildman–Crippen LogP) is 4.08. The summed E-state index contributed by atoms with van der Waals surface area (Å²) in [7, 11) is 0. The van der Waals surface area contributed by atoms with Crippen LogP contribution in [0.1, 0.15) is 35.1 Å². The van der Waals surface area contributed by atoms with E-state index in [1.54, 1.807) is 22.7 Å². The number of thiophene rings is 1. The minimum Gasteiger partial charge on any atom is -0.394 e. The molecule has 3 aromatic rings. The van der Waals surface area contributed by atoms with Gasteiger partial charge in [0.05, 0.1) is 29.8 Å². The summed E-state index contributed by atoms with van der Waals surface area (Å²) in [5.41, 5.74) is 1.90. The van der Waals surface area contributed by atoms with Gasteiger partial charge < -0.3 is 14.9 Å². The van der Waals surface area contributed by atoms with Crippen molar-refractivity contribution in [1.82, 2.24) is 10.2 Å². The van der Waals surface area contributed by atoms with Crippen molar-refractivity contribution in [3.63, 3.8) is 0 Å². The lowest BCUT2D eigenvalue weighted by molar-refractivity contribution is -0.113. The van der Waals surface area contributed by atoms with E-state index >= 15 is 0 Å². The van der Waals surface area contributed by atoms with E-state index in [1.165, 1.54) is 0 Å². The Kier molecular flexibility index (Phi) is 5.87. The number of rotatable bonds is 5. The molecule has 5 nitrogen and oxygen atoms in total. The van der Waals surface area contributed by atoms with Gasteiger partial charge in [-0.25, -0.2) is 0 Å². The summed E-state index contributed by atoms with van der Waals surface area (Å²) in [5.74, 6) is 0. The van der Waals surface area contributed by atoms with Crippen molar-refractivity contribution < 1.29 is 14.9 Å². The summed E-state index contributed by atoms with van der Waals surface area (Å²) in [4.78, 5) is 1.11. The van der Waals surface area contributed by atoms with E-state index in [1.807, 2.05) is 35.7 Å². The van der Waals surface area contributed by atoms with Crippen molar-refractivity contribution >= 4 is 34.3 Å². The molecule has 0 saturated carbocycles. The molecule has 1 aliphatic heterocycles. The third-order valence-electron chi connectivity index (χ3n) is 4.56. The van der Waals surface area contributed by atoms with Crippen LogP contribution in [0.2, 0.25) is 5.02 Å². The lowest BCUT2D eigenvalue weighted by atomic mass is 9.95. The molecule has 8 heteroatoms. The zero-order valence-electron chi connectivity index (χ0n) is 14.4. The van der Waals surface area contributed by atoms with E-state index < -0.39 is 6.10 Å². The van der Waals surface area contributed by atoms with Crippen molar-refractivity contribution in [2.24, 2.45) is 0 Å². The van der Waals surface area contributed by atoms with Crippen molar-refractivity contribution in [1.29, 1.82) is 0 Å². The highest BCUT2D eigenvalue weighted by Gasteiger charge is 2.29. The Morgan fingerprint density at radius 3 is 2.89 bits per heavy atom. The lowest BCUT2D eigenvalue weighted by Gasteiger charge is -2.32. The second-order valence-electron chi connectivity index (χ2n) is 6.56. The molecule has 142 valence electrons. The van der Waals surface area contributed by atoms with Crippen LogP contribution in [0, 0.1) is 0 Å². The molecule has 0 radical (unpaired) electrons. The Bertz CT molecular complexity index is 900. The molecule has 3 heterocycles. The van der Waals surface area contributed by atoms with Gasteiger partial charge in [0.25, 0.3) is 0 Å². The maximum Gasteiger partial charge on any atom is 0.157 e. The number of benzene rings is 1. The van der Waals surface area contributed by atoms with Crippen LogP contribution in [-0.2, 0) is 11.2 Å². The van der Waals surface area contributed by atoms with Gasteiger partial charge in [-0.15, -0.1) is 21.5 Å². The Hall–Kier alpha value is -1.35. The first-order valence-electron chi connectivity index (χ1n) is 8.71. The standard InChI is InChI=1S/C19H19ClN2O3S2/c20-15-4-3-11(16-9-13(24)8-14(10-23)25-16)6-12(15)7-18-21-22-19(27-18)17-2-1-5-26-17/h1-6,13-14,16,23-24H,7-10H2. The van der Waals surface area contributed by atoms with Gasteiger partial charge in [0.15, 0.2) is 5.01 Å². The van der Waals surface area contributed by atoms with Gasteiger partial charge in [0.1, 0.15) is 5.01 Å². The molecule has 4 rings (SSSR count). The second kappa shape index (κ2) is 8.34. The average molecular weight is 423 g/mol. The van der Waals surface area contributed by atoms with E-state index in [2.05, 4.69) is 10.2 Å². The number of hydrogen-bond donors (Lipinski definition) is 2. The van der Waals surface area contributed by atoms with Crippen LogP contribution >= 0.6 is 34.3 Å². The second-order valence-corrected chi connectivity index (χ2v) is 8.98. The van der Waals surface area contributed by atoms with Crippen molar-refractivity contribution in [3.05, 3.63) is 56.9 Å². The fraction of sp³-hybridized carbons (Fsp3) is 0.368. The Morgan fingerprint density at radius 2 is 2.11 bits per heavy atom. The van der Waals surface area contributed by atoms with Crippen LogP contribution in [0.3, 0.4) is 0 Å². The average Bonchev–Trinajstić information content (AvgIpc) is 3.34. The minimum absolute atomic E-state index is 0.0930. The zero-order chi connectivity index (χ0) is 18.8. The van der Waals surface area contributed by atoms with Crippen molar-refractivity contribution in [2.45, 2.75) is 37.6 Å². The van der Waals surface area contributed by atoms with Crippen LogP contribution in [-0.4, -0.2) is 39.2 Å². The molecule has 27 heavy (non-hydrogen) atoms. The summed E-state index contributed by atoms with van der Waals surface area (Å²) in [6.45, 7) is -0.0930. The number of aromatic nitrogens is 2. The van der Waals surface area contributed by atoms with Gasteiger partial charge in [0, 0.05) is 24.3 Å². The number of aliphatic hydroxyl groups excluding tert-OH is 2. The van der Waals surface area contributed by atoms with Crippen LogP contribution in [0.25, 0.3) is 9.88 Å². The molecule has 0 aliphatic carbocycles. The maximum atomic E-state index is 10.1. The number of aliphatic hydroxyl groups is 2. The molecule has 3 unspecified atom stereocenters. The third-order valence-corrected chi connectivity index (χ3v) is 6.89. The van der Waals surface area contributed by atoms with Crippen LogP contribution in [0.5, 0.6) is 0 Å². The topological polar surface area (TPSA) is 75.5 Å². The van der Waals surface area contributed by atoms with Gasteiger partial charge in [-0.2, -0.15) is 0 Å². The fourth-order valence-corrected chi connectivity index (χ4v) is 5.08. The molecule has 1 fully saturated rings. The van der Waals surface area contributed by atoms with Gasteiger partial charge in [-0.1, -0.05) is 41.1 Å². The highest BCUT2D eigenvalue weighted by Crippen LogP contribution is 2.34. The number of halogens is 1. The first-order chi connectivity index (χ1) is 13.1. The fourth-order valence-electron chi connectivity index (χ4n) is 3.24. The maximum absolute atomic E-state index is 10.1. The monoisotopic (exact) mass is 422 g/mol. The largest absolute Gasteiger partial charge is 0.394 e. The van der Waals surface area contributed by atoms with Gasteiger partial charge >= 0.3 is 0 Å². The number of nitrogens with zero attached hydrogens (tertiary/aromatic N) is 2. The summed E-state index contributed by atoms with van der Waals surface area (Å²) in [6.07, 6.45) is 0.501. The normalized spacial score (nSPS) is 22.9. The van der Waals surface area contributed by atoms with E-state index in [4.69, 9.17) is 16.3 Å². The molecular weight excluding hydrogens is 404 g/mol. The minimum atomic E-state index is -0.475. The SMILES string of the molecule is OCC1CC(O)CC(c2ccc(Cl)c(Cc3nnc(-c4cccs4)s3)c2)O1. The van der Waals surface area contributed by atoms with E-state index in [-0.39, 0.29) is 18.8 Å². The molecule has 2 N–H and O–H groups in total. The molecule has 1 aliphatic rings. The first kappa shape index (κ1) is 19.0. The molecule has 2 aromatic heterocycles. The predicted molar refractivity (Wildman–Crippen MR) is 107 cm³/mol. The summed E-state index contributed by atoms with van der Waals surface area (Å²) in [5, 5.41) is 32.5. The van der Waals surface area contributed by atoms with Crippen LogP contribution in [0.15, 0.2) is 35.7 Å². The molecule has 1 saturated heterocycles. The molecular formula is C19H19ClN2O3S2. The van der Waals surface area contributed by atoms with Gasteiger partial charge in [0.2, 0.25) is 0 Å². The van der Waals surface area contributed by atoms with E-state index in [0.29, 0.717) is 24.3 Å². The van der Waals surface area contributed by atoms with Crippen molar-refractivity contribution in [2.75, 3.05) is 6.61 Å². The van der Waals surface area contributed by atoms with Gasteiger partial charge in [-0.05, 0) is 28.6 Å². The Labute approximate surface area is 170 Å². The van der Waals surface area contributed by atoms with E-state index in [0.717, 1.165) is 26.0 Å². The van der Waals surface area contributed by atoms with E-state index in [9.17, 15) is 10.2 Å². The zero-order valence-corrected chi connectivity index (χ0v) is 16.8. The highest BCUT2D eigenvalue weighted by molar-refractivity contribution is 7.20. The lowest BCUT2D eigenvalue weighted by Crippen LogP contribution is -2.33.